The Hall–Kier alpha value is -1.06. The van der Waals surface area contributed by atoms with Crippen molar-refractivity contribution in [2.45, 2.75) is 25.3 Å². The molecule has 82 valence electrons. The van der Waals surface area contributed by atoms with Gasteiger partial charge in [-0.25, -0.2) is 0 Å². The van der Waals surface area contributed by atoms with Gasteiger partial charge in [-0.05, 0) is 30.5 Å². The zero-order chi connectivity index (χ0) is 11.3. The molecule has 1 rings (SSSR count). The van der Waals surface area contributed by atoms with Crippen LogP contribution in [-0.2, 0) is 4.79 Å². The molecule has 1 aromatic carbocycles. The average Bonchev–Trinajstić information content (AvgIpc) is 2.18. The van der Waals surface area contributed by atoms with Crippen LogP contribution in [0.4, 0.5) is 0 Å². The maximum Gasteiger partial charge on any atom is 0.303 e. The van der Waals surface area contributed by atoms with E-state index in [9.17, 15) is 4.79 Å². The second-order valence-corrected chi connectivity index (χ2v) is 3.88. The lowest BCUT2D eigenvalue weighted by Gasteiger charge is -2.10. The normalized spacial score (nSPS) is 12.4. The van der Waals surface area contributed by atoms with Gasteiger partial charge in [0.25, 0.3) is 0 Å². The van der Waals surface area contributed by atoms with Crippen molar-refractivity contribution >= 4 is 17.6 Å². The van der Waals surface area contributed by atoms with E-state index in [0.29, 0.717) is 17.9 Å². The van der Waals surface area contributed by atoms with Crippen molar-refractivity contribution in [2.24, 2.45) is 5.73 Å². The Labute approximate surface area is 93.9 Å². The summed E-state index contributed by atoms with van der Waals surface area (Å²) in [5.74, 6) is -0.779. The highest BCUT2D eigenvalue weighted by molar-refractivity contribution is 6.30. The zero-order valence-corrected chi connectivity index (χ0v) is 9.07. The predicted molar refractivity (Wildman–Crippen MR) is 59.9 cm³/mol. The molecule has 1 unspecified atom stereocenters. The first-order valence-corrected chi connectivity index (χ1v) is 5.20. The van der Waals surface area contributed by atoms with Crippen LogP contribution in [0.3, 0.4) is 0 Å². The van der Waals surface area contributed by atoms with E-state index in [2.05, 4.69) is 0 Å². The van der Waals surface area contributed by atoms with Crippen LogP contribution in [-0.4, -0.2) is 11.1 Å². The van der Waals surface area contributed by atoms with E-state index >= 15 is 0 Å². The van der Waals surface area contributed by atoms with E-state index in [0.717, 1.165) is 5.56 Å². The van der Waals surface area contributed by atoms with Gasteiger partial charge in [0.2, 0.25) is 0 Å². The molecule has 1 atom stereocenters. The van der Waals surface area contributed by atoms with Gasteiger partial charge in [0.05, 0.1) is 0 Å². The fourth-order valence-electron chi connectivity index (χ4n) is 1.35. The smallest absolute Gasteiger partial charge is 0.303 e. The summed E-state index contributed by atoms with van der Waals surface area (Å²) in [4.78, 5) is 10.3. The number of aliphatic carboxylic acids is 1. The van der Waals surface area contributed by atoms with Gasteiger partial charge in [-0.1, -0.05) is 23.7 Å². The molecule has 0 aliphatic rings. The fraction of sp³-hybridized carbons (Fsp3) is 0.364. The van der Waals surface area contributed by atoms with E-state index in [4.69, 9.17) is 22.4 Å². The van der Waals surface area contributed by atoms with E-state index in [1.807, 2.05) is 12.1 Å². The number of benzene rings is 1. The Bertz CT molecular complexity index is 324. The Kier molecular flexibility index (Phi) is 4.59. The van der Waals surface area contributed by atoms with Gasteiger partial charge in [-0.15, -0.1) is 0 Å². The zero-order valence-electron chi connectivity index (χ0n) is 8.32. The standard InChI is InChI=1S/C11H14ClNO2/c12-9-6-4-8(5-7-9)10(13)2-1-3-11(14)15/h4-7,10H,1-3,13H2,(H,14,15). The molecular weight excluding hydrogens is 214 g/mol. The molecule has 0 aromatic heterocycles. The largest absolute Gasteiger partial charge is 0.481 e. The molecule has 0 saturated carbocycles. The minimum atomic E-state index is -0.779. The number of halogens is 1. The summed E-state index contributed by atoms with van der Waals surface area (Å²) in [6.45, 7) is 0. The van der Waals surface area contributed by atoms with Crippen LogP contribution in [0.15, 0.2) is 24.3 Å². The highest BCUT2D eigenvalue weighted by atomic mass is 35.5. The number of carbonyl (C=O) groups is 1. The predicted octanol–water partition coefficient (Wildman–Crippen LogP) is 2.59. The van der Waals surface area contributed by atoms with Crippen LogP contribution in [0.1, 0.15) is 30.9 Å². The van der Waals surface area contributed by atoms with Crippen molar-refractivity contribution < 1.29 is 9.90 Å². The van der Waals surface area contributed by atoms with Gasteiger partial charge < -0.3 is 10.8 Å². The lowest BCUT2D eigenvalue weighted by atomic mass is 10.0. The maximum absolute atomic E-state index is 10.3. The monoisotopic (exact) mass is 227 g/mol. The van der Waals surface area contributed by atoms with Gasteiger partial charge in [-0.2, -0.15) is 0 Å². The first-order valence-electron chi connectivity index (χ1n) is 4.82. The molecule has 0 aliphatic carbocycles. The average molecular weight is 228 g/mol. The van der Waals surface area contributed by atoms with E-state index < -0.39 is 5.97 Å². The molecule has 0 aliphatic heterocycles. The molecule has 0 fully saturated rings. The van der Waals surface area contributed by atoms with Gasteiger partial charge >= 0.3 is 5.97 Å². The minimum absolute atomic E-state index is 0.110. The summed E-state index contributed by atoms with van der Waals surface area (Å²) in [5.41, 5.74) is 6.89. The van der Waals surface area contributed by atoms with Crippen molar-refractivity contribution in [1.29, 1.82) is 0 Å². The van der Waals surface area contributed by atoms with Gasteiger partial charge in [0.1, 0.15) is 0 Å². The molecule has 0 spiro atoms. The van der Waals surface area contributed by atoms with Gasteiger partial charge in [-0.3, -0.25) is 4.79 Å². The number of carboxylic acids is 1. The van der Waals surface area contributed by atoms with E-state index in [1.54, 1.807) is 12.1 Å². The molecule has 3 N–H and O–H groups in total. The van der Waals surface area contributed by atoms with Crippen molar-refractivity contribution in [2.75, 3.05) is 0 Å². The van der Waals surface area contributed by atoms with E-state index in [-0.39, 0.29) is 12.5 Å². The maximum atomic E-state index is 10.3. The second-order valence-electron chi connectivity index (χ2n) is 3.44. The third-order valence-electron chi connectivity index (χ3n) is 2.20. The number of hydrogen-bond acceptors (Lipinski definition) is 2. The van der Waals surface area contributed by atoms with Crippen LogP contribution in [0.25, 0.3) is 0 Å². The van der Waals surface area contributed by atoms with Gasteiger partial charge in [0, 0.05) is 17.5 Å². The second kappa shape index (κ2) is 5.73. The lowest BCUT2D eigenvalue weighted by Crippen LogP contribution is -2.10. The summed E-state index contributed by atoms with van der Waals surface area (Å²) >= 11 is 5.74. The lowest BCUT2D eigenvalue weighted by molar-refractivity contribution is -0.137. The number of nitrogens with two attached hydrogens (primary N) is 1. The van der Waals surface area contributed by atoms with Crippen molar-refractivity contribution in [1.82, 2.24) is 0 Å². The molecule has 3 nitrogen and oxygen atoms in total. The fourth-order valence-corrected chi connectivity index (χ4v) is 1.48. The summed E-state index contributed by atoms with van der Waals surface area (Å²) < 4.78 is 0. The molecule has 0 bridgehead atoms. The van der Waals surface area contributed by atoms with Crippen molar-refractivity contribution in [3.8, 4) is 0 Å². The van der Waals surface area contributed by atoms with Crippen LogP contribution in [0, 0.1) is 0 Å². The van der Waals surface area contributed by atoms with Crippen LogP contribution in [0.5, 0.6) is 0 Å². The van der Waals surface area contributed by atoms with Gasteiger partial charge in [0.15, 0.2) is 0 Å². The molecule has 15 heavy (non-hydrogen) atoms. The summed E-state index contributed by atoms with van der Waals surface area (Å²) in [7, 11) is 0. The van der Waals surface area contributed by atoms with Crippen LogP contribution >= 0.6 is 11.6 Å². The molecule has 0 amide bonds. The Morgan fingerprint density at radius 2 is 2.00 bits per heavy atom. The third kappa shape index (κ3) is 4.32. The summed E-state index contributed by atoms with van der Waals surface area (Å²) in [5, 5.41) is 9.15. The highest BCUT2D eigenvalue weighted by Crippen LogP contribution is 2.18. The SMILES string of the molecule is NC(CCCC(=O)O)c1ccc(Cl)cc1. The third-order valence-corrected chi connectivity index (χ3v) is 2.46. The Morgan fingerprint density at radius 3 is 2.53 bits per heavy atom. The molecule has 1 aromatic rings. The molecule has 0 heterocycles. The first kappa shape index (κ1) is 12.0. The first-order chi connectivity index (χ1) is 7.09. The van der Waals surface area contributed by atoms with Crippen molar-refractivity contribution in [3.63, 3.8) is 0 Å². The van der Waals surface area contributed by atoms with E-state index in [1.165, 1.54) is 0 Å². The molecular formula is C11H14ClNO2. The molecule has 0 saturated heterocycles. The highest BCUT2D eigenvalue weighted by Gasteiger charge is 2.06. The van der Waals surface area contributed by atoms with Crippen LogP contribution in [0.2, 0.25) is 5.02 Å². The number of hydrogen-bond donors (Lipinski definition) is 2. The van der Waals surface area contributed by atoms with Crippen molar-refractivity contribution in [3.05, 3.63) is 34.9 Å². The number of rotatable bonds is 5. The molecule has 0 radical (unpaired) electrons. The molecule has 4 heteroatoms. The van der Waals surface area contributed by atoms with Crippen LogP contribution < -0.4 is 5.73 Å². The summed E-state index contributed by atoms with van der Waals surface area (Å²) in [6.07, 6.45) is 1.44. The Morgan fingerprint density at radius 1 is 1.40 bits per heavy atom. The quantitative estimate of drug-likeness (QED) is 0.813. The number of carboxylic acid groups (broad SMARTS) is 1. The summed E-state index contributed by atoms with van der Waals surface area (Å²) in [6, 6.07) is 7.20. The Balaban J connectivity index is 2.43. The minimum Gasteiger partial charge on any atom is -0.481 e. The topological polar surface area (TPSA) is 63.3 Å².